The topological polar surface area (TPSA) is 77.8 Å². The second-order valence-electron chi connectivity index (χ2n) is 0.513. The molecule has 3 N–H and O–H groups in total. The Bertz CT molecular complexity index is 62.2. The first-order chi connectivity index (χ1) is 2.00. The van der Waals surface area contributed by atoms with E-state index >= 15 is 0 Å². The molecule has 0 bridgehead atoms. The number of hydrogen-bond donors (Lipinski definition) is 3. The number of phosphoric acid groups is 1. The predicted molar refractivity (Wildman–Crippen MR) is 41.3 cm³/mol. The fourth-order valence-electron chi connectivity index (χ4n) is 0. The summed E-state index contributed by atoms with van der Waals surface area (Å²) in [6.07, 6.45) is 0. The number of rotatable bonds is 0. The van der Waals surface area contributed by atoms with Crippen LogP contribution in [0.1, 0.15) is 0 Å². The van der Waals surface area contributed by atoms with Gasteiger partial charge < -0.3 is 14.7 Å². The Morgan fingerprint density at radius 3 is 1.12 bits per heavy atom. The van der Waals surface area contributed by atoms with Gasteiger partial charge in [0.25, 0.3) is 0 Å². The van der Waals surface area contributed by atoms with Crippen molar-refractivity contribution < 1.29 is 19.2 Å². The second kappa shape index (κ2) is 10.2. The van der Waals surface area contributed by atoms with E-state index in [1.807, 2.05) is 0 Å². The zero-order valence-electron chi connectivity index (χ0n) is 2.20. The van der Waals surface area contributed by atoms with Gasteiger partial charge in [-0.25, -0.2) is 4.57 Å². The van der Waals surface area contributed by atoms with Crippen LogP contribution in [-0.4, -0.2) is 115 Å². The van der Waals surface area contributed by atoms with E-state index in [9.17, 15) is 0 Å². The Morgan fingerprint density at radius 2 is 1.12 bits per heavy atom. The average molecular weight is 212 g/mol. The molecular formula is H10CaKO4PSi. The fraction of sp³-hybridized carbons (Fsp3) is 0. The molecule has 0 radical (unpaired) electrons. The molecule has 0 aromatic heterocycles. The molecule has 0 amide bonds. The van der Waals surface area contributed by atoms with E-state index in [4.69, 9.17) is 19.2 Å². The van der Waals surface area contributed by atoms with Gasteiger partial charge in [-0.3, -0.25) is 0 Å². The minimum atomic E-state index is -4.64. The van der Waals surface area contributed by atoms with E-state index in [1.165, 1.54) is 0 Å². The molecule has 4 nitrogen and oxygen atoms in total. The molecule has 0 saturated carbocycles. The molecular weight excluding hydrogens is 202 g/mol. The number of hydrogen-bond acceptors (Lipinski definition) is 1. The molecule has 0 fully saturated rings. The van der Waals surface area contributed by atoms with Crippen molar-refractivity contribution in [3.8, 4) is 0 Å². The van der Waals surface area contributed by atoms with E-state index in [0.29, 0.717) is 0 Å². The fourth-order valence-corrected chi connectivity index (χ4v) is 0. The molecule has 0 rings (SSSR count). The van der Waals surface area contributed by atoms with Gasteiger partial charge in [-0.15, -0.1) is 0 Å². The van der Waals surface area contributed by atoms with Crippen molar-refractivity contribution in [2.75, 3.05) is 0 Å². The van der Waals surface area contributed by atoms with Crippen LogP contribution in [0.15, 0.2) is 0 Å². The average Bonchev–Trinajstić information content (AvgIpc) is 0.722. The van der Waals surface area contributed by atoms with Crippen molar-refractivity contribution in [2.24, 2.45) is 0 Å². The normalized spacial score (nSPS) is 7.38. The Hall–Kier alpha value is 3.22. The van der Waals surface area contributed by atoms with E-state index in [2.05, 4.69) is 0 Å². The van der Waals surface area contributed by atoms with Gasteiger partial charge in [-0.1, -0.05) is 0 Å². The summed E-state index contributed by atoms with van der Waals surface area (Å²) in [4.78, 5) is 21.6. The van der Waals surface area contributed by atoms with Gasteiger partial charge in [0, 0.05) is 0 Å². The molecule has 8 heavy (non-hydrogen) atoms. The molecule has 0 spiro atoms. The summed E-state index contributed by atoms with van der Waals surface area (Å²) in [6.45, 7) is 0. The third kappa shape index (κ3) is 60.0. The Labute approximate surface area is 124 Å². The van der Waals surface area contributed by atoms with Crippen LogP contribution < -0.4 is 0 Å². The maximum Gasteiger partial charge on any atom is -0.0149 e. The predicted octanol–water partition coefficient (Wildman–Crippen LogP) is -3.94. The second-order valence-corrected chi connectivity index (χ2v) is 1.54. The van der Waals surface area contributed by atoms with Crippen molar-refractivity contribution >= 4 is 108 Å². The van der Waals surface area contributed by atoms with Crippen LogP contribution in [-0.2, 0) is 4.57 Å². The summed E-state index contributed by atoms with van der Waals surface area (Å²) >= 11 is 0. The SMILES string of the molecule is O=P(O)(O)O.[CaH2].[KH].[SiH4]. The Balaban J connectivity index is -0.0000000267. The summed E-state index contributed by atoms with van der Waals surface area (Å²) in [5, 5.41) is 0. The third-order valence-corrected chi connectivity index (χ3v) is 0. The Kier molecular flexibility index (Phi) is 28.7. The third-order valence-electron chi connectivity index (χ3n) is 0. The quantitative estimate of drug-likeness (QED) is 0.283. The van der Waals surface area contributed by atoms with Gasteiger partial charge in [0.15, 0.2) is 0 Å². The van der Waals surface area contributed by atoms with Crippen LogP contribution in [0.25, 0.3) is 0 Å². The first-order valence-electron chi connectivity index (χ1n) is 0.783. The van der Waals surface area contributed by atoms with E-state index in [0.717, 1.165) is 0 Å². The maximum atomic E-state index is 8.88. The van der Waals surface area contributed by atoms with Gasteiger partial charge in [0.05, 0.1) is 0 Å². The molecule has 46 valence electrons. The van der Waals surface area contributed by atoms with Gasteiger partial charge >= 0.3 is 96.9 Å². The summed E-state index contributed by atoms with van der Waals surface area (Å²) in [5.41, 5.74) is 0. The van der Waals surface area contributed by atoms with Crippen molar-refractivity contribution in [3.05, 3.63) is 0 Å². The van der Waals surface area contributed by atoms with Crippen LogP contribution >= 0.6 is 7.82 Å². The maximum absolute atomic E-state index is 8.88. The zero-order chi connectivity index (χ0) is 4.50. The van der Waals surface area contributed by atoms with Crippen molar-refractivity contribution in [3.63, 3.8) is 0 Å². The smallest absolute Gasteiger partial charge is 0.0149 e. The van der Waals surface area contributed by atoms with Gasteiger partial charge in [0.2, 0.25) is 0 Å². The van der Waals surface area contributed by atoms with Crippen LogP contribution in [0.4, 0.5) is 0 Å². The molecule has 0 atom stereocenters. The zero-order valence-corrected chi connectivity index (χ0v) is 3.09. The molecule has 0 aromatic rings. The molecule has 0 aliphatic rings. The van der Waals surface area contributed by atoms with E-state index < -0.39 is 7.82 Å². The summed E-state index contributed by atoms with van der Waals surface area (Å²) in [6, 6.07) is 0. The van der Waals surface area contributed by atoms with Crippen LogP contribution in [0, 0.1) is 0 Å². The minimum absolute atomic E-state index is 0. The summed E-state index contributed by atoms with van der Waals surface area (Å²) in [7, 11) is -4.64. The van der Waals surface area contributed by atoms with E-state index in [1.54, 1.807) is 0 Å². The van der Waals surface area contributed by atoms with Crippen molar-refractivity contribution in [1.82, 2.24) is 0 Å². The van der Waals surface area contributed by atoms with Crippen molar-refractivity contribution in [1.29, 1.82) is 0 Å². The van der Waals surface area contributed by atoms with Gasteiger partial charge in [-0.2, -0.15) is 0 Å². The Morgan fingerprint density at radius 1 is 1.12 bits per heavy atom. The summed E-state index contributed by atoms with van der Waals surface area (Å²) < 4.78 is 8.88. The largest absolute Gasteiger partial charge is 0.0149 e. The van der Waals surface area contributed by atoms with Gasteiger partial charge in [0.1, 0.15) is 0 Å². The molecule has 0 aliphatic heterocycles. The van der Waals surface area contributed by atoms with Crippen LogP contribution in [0.5, 0.6) is 0 Å². The molecule has 0 saturated heterocycles. The molecule has 0 aliphatic carbocycles. The minimum Gasteiger partial charge on any atom is -0.0149 e. The monoisotopic (exact) mass is 212 g/mol. The first kappa shape index (κ1) is 22.5. The standard InChI is InChI=1S/Ca.K.H3O4P.H4Si.3H/c;;1-5(2,3)4;;;;/h;;(H3,1,2,3,4);1H4;;;. The van der Waals surface area contributed by atoms with E-state index in [-0.39, 0.29) is 100 Å². The van der Waals surface area contributed by atoms with Crippen LogP contribution in [0.2, 0.25) is 0 Å². The molecule has 0 heterocycles. The van der Waals surface area contributed by atoms with Crippen LogP contribution in [0.3, 0.4) is 0 Å². The van der Waals surface area contributed by atoms with Crippen molar-refractivity contribution in [2.45, 2.75) is 0 Å². The summed E-state index contributed by atoms with van der Waals surface area (Å²) in [5.74, 6) is 0. The molecule has 8 heteroatoms. The first-order valence-corrected chi connectivity index (χ1v) is 2.35. The molecule has 0 unspecified atom stereocenters. The van der Waals surface area contributed by atoms with Gasteiger partial charge in [-0.05, 0) is 11.0 Å². The molecule has 0 aromatic carbocycles.